The van der Waals surface area contributed by atoms with Crippen LogP contribution in [0.1, 0.15) is 0 Å². The molecule has 6 heteroatoms. The molecule has 1 atom stereocenters. The molecule has 0 aliphatic rings. The average Bonchev–Trinajstić information content (AvgIpc) is 2.15. The van der Waals surface area contributed by atoms with E-state index >= 15 is 0 Å². The Morgan fingerprint density at radius 3 is 2.43 bits per heavy atom. The number of nitrogens with zero attached hydrogens (tertiary/aromatic N) is 1. The summed E-state index contributed by atoms with van der Waals surface area (Å²) < 4.78 is 4.79. The zero-order chi connectivity index (χ0) is 11.1. The summed E-state index contributed by atoms with van der Waals surface area (Å²) >= 11 is 0. The summed E-state index contributed by atoms with van der Waals surface area (Å²) in [6.07, 6.45) is -0.690. The lowest BCUT2D eigenvalue weighted by Crippen LogP contribution is -2.44. The van der Waals surface area contributed by atoms with Gasteiger partial charge in [-0.15, -0.1) is 0 Å². The Labute approximate surface area is 83.4 Å². The topological polar surface area (TPSA) is 84.7 Å². The number of carbonyl (C=O) groups excluding carboxylic acids is 2. The van der Waals surface area contributed by atoms with Gasteiger partial charge in [0.25, 0.3) is 5.91 Å². The highest BCUT2D eigenvalue weighted by atomic mass is 16.5. The zero-order valence-corrected chi connectivity index (χ0v) is 8.74. The molecule has 14 heavy (non-hydrogen) atoms. The van der Waals surface area contributed by atoms with E-state index < -0.39 is 6.10 Å². The Balaban J connectivity index is 3.89. The second-order valence-corrected chi connectivity index (χ2v) is 2.97. The summed E-state index contributed by atoms with van der Waals surface area (Å²) in [7, 11) is 4.63. The van der Waals surface area contributed by atoms with Gasteiger partial charge >= 0.3 is 0 Å². The number of likely N-dealkylation sites (N-methyl/N-ethyl adjacent to an activating group) is 1. The van der Waals surface area contributed by atoms with Crippen molar-refractivity contribution in [2.75, 3.05) is 34.3 Å². The fourth-order valence-corrected chi connectivity index (χ4v) is 0.745. The van der Waals surface area contributed by atoms with E-state index in [4.69, 9.17) is 10.5 Å². The van der Waals surface area contributed by atoms with Crippen molar-refractivity contribution in [3.8, 4) is 0 Å². The van der Waals surface area contributed by atoms with Crippen molar-refractivity contribution in [2.45, 2.75) is 6.10 Å². The SMILES string of the molecule is COC(CN)C(=O)NCC(=O)N(C)C. The van der Waals surface area contributed by atoms with Gasteiger partial charge in [-0.25, -0.2) is 0 Å². The number of nitrogens with one attached hydrogen (secondary N) is 1. The fourth-order valence-electron chi connectivity index (χ4n) is 0.745. The molecule has 2 amide bonds. The minimum Gasteiger partial charge on any atom is -0.370 e. The standard InChI is InChI=1S/C8H17N3O3/c1-11(2)7(12)5-10-8(13)6(4-9)14-3/h6H,4-5,9H2,1-3H3,(H,10,13). The minimum atomic E-state index is -0.690. The largest absolute Gasteiger partial charge is 0.370 e. The third-order valence-corrected chi connectivity index (χ3v) is 1.70. The lowest BCUT2D eigenvalue weighted by atomic mass is 10.3. The van der Waals surface area contributed by atoms with Crippen LogP contribution < -0.4 is 11.1 Å². The number of methoxy groups -OCH3 is 1. The lowest BCUT2D eigenvalue weighted by Gasteiger charge is -2.14. The number of carbonyl (C=O) groups is 2. The van der Waals surface area contributed by atoms with E-state index in [1.165, 1.54) is 12.0 Å². The molecule has 0 aromatic carbocycles. The molecule has 0 radical (unpaired) electrons. The van der Waals surface area contributed by atoms with Crippen molar-refractivity contribution in [1.82, 2.24) is 10.2 Å². The van der Waals surface area contributed by atoms with Crippen LogP contribution in [0.3, 0.4) is 0 Å². The molecular weight excluding hydrogens is 186 g/mol. The van der Waals surface area contributed by atoms with Crippen molar-refractivity contribution in [1.29, 1.82) is 0 Å². The summed E-state index contributed by atoms with van der Waals surface area (Å²) in [5, 5.41) is 2.43. The van der Waals surface area contributed by atoms with Gasteiger partial charge in [0.05, 0.1) is 6.54 Å². The van der Waals surface area contributed by atoms with Crippen molar-refractivity contribution >= 4 is 11.8 Å². The van der Waals surface area contributed by atoms with Gasteiger partial charge in [0.2, 0.25) is 5.91 Å². The van der Waals surface area contributed by atoms with Gasteiger partial charge in [-0.3, -0.25) is 9.59 Å². The maximum absolute atomic E-state index is 11.2. The highest BCUT2D eigenvalue weighted by molar-refractivity contribution is 5.86. The maximum atomic E-state index is 11.2. The minimum absolute atomic E-state index is 0.0360. The summed E-state index contributed by atoms with van der Waals surface area (Å²) in [6, 6.07) is 0. The first-order chi connectivity index (χ1) is 6.52. The molecule has 0 spiro atoms. The highest BCUT2D eigenvalue weighted by Gasteiger charge is 2.16. The number of nitrogens with two attached hydrogens (primary N) is 1. The van der Waals surface area contributed by atoms with Crippen molar-refractivity contribution in [2.24, 2.45) is 5.73 Å². The third kappa shape index (κ3) is 4.20. The van der Waals surface area contributed by atoms with E-state index in [-0.39, 0.29) is 24.9 Å². The maximum Gasteiger partial charge on any atom is 0.250 e. The molecule has 0 heterocycles. The lowest BCUT2D eigenvalue weighted by molar-refractivity contribution is -0.135. The molecule has 0 aliphatic carbocycles. The van der Waals surface area contributed by atoms with Crippen LogP contribution in [0, 0.1) is 0 Å². The van der Waals surface area contributed by atoms with Crippen LogP contribution in [0.25, 0.3) is 0 Å². The van der Waals surface area contributed by atoms with Crippen molar-refractivity contribution in [3.05, 3.63) is 0 Å². The first-order valence-electron chi connectivity index (χ1n) is 4.23. The van der Waals surface area contributed by atoms with Gasteiger partial charge in [-0.05, 0) is 0 Å². The Morgan fingerprint density at radius 1 is 1.50 bits per heavy atom. The van der Waals surface area contributed by atoms with Gasteiger partial charge < -0.3 is 20.7 Å². The Bertz CT molecular complexity index is 202. The molecule has 0 saturated carbocycles. The second kappa shape index (κ2) is 6.33. The van der Waals surface area contributed by atoms with Gasteiger partial charge in [0.1, 0.15) is 6.10 Å². The first kappa shape index (κ1) is 12.9. The Hall–Kier alpha value is -1.14. The molecular formula is C8H17N3O3. The van der Waals surface area contributed by atoms with Gasteiger partial charge in [0, 0.05) is 27.7 Å². The summed E-state index contributed by atoms with van der Waals surface area (Å²) in [6.45, 7) is 0.0597. The first-order valence-corrected chi connectivity index (χ1v) is 4.23. The molecule has 0 aromatic heterocycles. The molecule has 0 aromatic rings. The highest BCUT2D eigenvalue weighted by Crippen LogP contribution is 1.86. The quantitative estimate of drug-likeness (QED) is 0.550. The second-order valence-electron chi connectivity index (χ2n) is 2.97. The smallest absolute Gasteiger partial charge is 0.250 e. The van der Waals surface area contributed by atoms with E-state index in [0.29, 0.717) is 0 Å². The van der Waals surface area contributed by atoms with Gasteiger partial charge in [-0.2, -0.15) is 0 Å². The van der Waals surface area contributed by atoms with Gasteiger partial charge in [0.15, 0.2) is 0 Å². The Morgan fingerprint density at radius 2 is 2.07 bits per heavy atom. The summed E-state index contributed by atoms with van der Waals surface area (Å²) in [5.41, 5.74) is 5.27. The molecule has 0 saturated heterocycles. The van der Waals surface area contributed by atoms with Crippen molar-refractivity contribution < 1.29 is 14.3 Å². The van der Waals surface area contributed by atoms with Crippen LogP contribution in [0.5, 0.6) is 0 Å². The molecule has 6 nitrogen and oxygen atoms in total. The molecule has 0 aliphatic heterocycles. The van der Waals surface area contributed by atoms with Crippen LogP contribution in [-0.2, 0) is 14.3 Å². The van der Waals surface area contributed by atoms with Crippen LogP contribution in [0.2, 0.25) is 0 Å². The molecule has 0 fully saturated rings. The average molecular weight is 203 g/mol. The summed E-state index contributed by atoms with van der Waals surface area (Å²) in [4.78, 5) is 23.7. The van der Waals surface area contributed by atoms with Crippen LogP contribution in [0.15, 0.2) is 0 Å². The Kier molecular flexibility index (Phi) is 5.82. The number of ether oxygens (including phenoxy) is 1. The molecule has 3 N–H and O–H groups in total. The predicted molar refractivity (Wildman–Crippen MR) is 51.6 cm³/mol. The number of hydrogen-bond donors (Lipinski definition) is 2. The molecule has 1 unspecified atom stereocenters. The van der Waals surface area contributed by atoms with Crippen LogP contribution >= 0.6 is 0 Å². The van der Waals surface area contributed by atoms with Crippen LogP contribution in [0.4, 0.5) is 0 Å². The van der Waals surface area contributed by atoms with Gasteiger partial charge in [-0.1, -0.05) is 0 Å². The van der Waals surface area contributed by atoms with E-state index in [2.05, 4.69) is 5.32 Å². The normalized spacial score (nSPS) is 12.0. The van der Waals surface area contributed by atoms with E-state index in [1.54, 1.807) is 14.1 Å². The molecule has 0 rings (SSSR count). The van der Waals surface area contributed by atoms with Crippen LogP contribution in [-0.4, -0.2) is 57.1 Å². The number of rotatable bonds is 5. The van der Waals surface area contributed by atoms with E-state index in [1.807, 2.05) is 0 Å². The number of hydrogen-bond acceptors (Lipinski definition) is 4. The third-order valence-electron chi connectivity index (χ3n) is 1.70. The monoisotopic (exact) mass is 203 g/mol. The van der Waals surface area contributed by atoms with E-state index in [9.17, 15) is 9.59 Å². The predicted octanol–water partition coefficient (Wildman–Crippen LogP) is -1.84. The van der Waals surface area contributed by atoms with E-state index in [0.717, 1.165) is 0 Å². The fraction of sp³-hybridized carbons (Fsp3) is 0.750. The number of amides is 2. The zero-order valence-electron chi connectivity index (χ0n) is 8.74. The summed E-state index contributed by atoms with van der Waals surface area (Å²) in [5.74, 6) is -0.546. The molecule has 0 bridgehead atoms. The van der Waals surface area contributed by atoms with Crippen molar-refractivity contribution in [3.63, 3.8) is 0 Å². The molecule has 82 valence electrons.